The Hall–Kier alpha value is -3.00. The van der Waals surface area contributed by atoms with Crippen molar-refractivity contribution in [3.05, 3.63) is 59.8 Å². The summed E-state index contributed by atoms with van der Waals surface area (Å²) in [6.45, 7) is 0.444. The van der Waals surface area contributed by atoms with Crippen molar-refractivity contribution >= 4 is 29.2 Å². The molecule has 3 N–H and O–H groups in total. The highest BCUT2D eigenvalue weighted by molar-refractivity contribution is 7.98. The van der Waals surface area contributed by atoms with Crippen molar-refractivity contribution in [2.75, 3.05) is 24.4 Å². The molecule has 0 aliphatic rings. The zero-order chi connectivity index (χ0) is 18.5. The Kier molecular flexibility index (Phi) is 5.43. The van der Waals surface area contributed by atoms with Gasteiger partial charge in [-0.15, -0.1) is 16.9 Å². The first-order valence-electron chi connectivity index (χ1n) is 7.88. The summed E-state index contributed by atoms with van der Waals surface area (Å²) in [6.07, 6.45) is 2.03. The number of nitrogens with zero attached hydrogens (tertiary/aromatic N) is 3. The van der Waals surface area contributed by atoms with E-state index in [1.54, 1.807) is 43.1 Å². The molecule has 2 aromatic carbocycles. The zero-order valence-electron chi connectivity index (χ0n) is 14.5. The fourth-order valence-electron chi connectivity index (χ4n) is 2.39. The second kappa shape index (κ2) is 7.92. The molecular formula is C18H19N5O2S. The van der Waals surface area contributed by atoms with Crippen molar-refractivity contribution in [3.63, 3.8) is 0 Å². The Balaban J connectivity index is 1.73. The second-order valence-electron chi connectivity index (χ2n) is 5.52. The fraction of sp³-hybridized carbons (Fsp3) is 0.167. The van der Waals surface area contributed by atoms with E-state index in [4.69, 9.17) is 10.5 Å². The van der Waals surface area contributed by atoms with Gasteiger partial charge in [0.25, 0.3) is 5.91 Å². The predicted octanol–water partition coefficient (Wildman–Crippen LogP) is 2.89. The minimum atomic E-state index is -0.417. The number of carbonyl (C=O) groups is 1. The van der Waals surface area contributed by atoms with Crippen LogP contribution in [0.25, 0.3) is 0 Å². The number of carbonyl (C=O) groups excluding carboxylic acids is 1. The number of thioether (sulfide) groups is 1. The van der Waals surface area contributed by atoms with Gasteiger partial charge >= 0.3 is 0 Å². The molecular weight excluding hydrogens is 350 g/mol. The zero-order valence-corrected chi connectivity index (χ0v) is 15.3. The molecule has 0 radical (unpaired) electrons. The number of nitrogens with one attached hydrogen (secondary N) is 1. The second-order valence-corrected chi connectivity index (χ2v) is 6.39. The normalized spacial score (nSPS) is 10.5. The van der Waals surface area contributed by atoms with E-state index in [0.717, 1.165) is 5.56 Å². The number of benzene rings is 2. The van der Waals surface area contributed by atoms with Crippen LogP contribution in [0.15, 0.2) is 53.4 Å². The molecule has 0 saturated carbocycles. The van der Waals surface area contributed by atoms with Crippen LogP contribution in [0.4, 0.5) is 11.5 Å². The van der Waals surface area contributed by atoms with Crippen LogP contribution < -0.4 is 15.8 Å². The van der Waals surface area contributed by atoms with E-state index in [0.29, 0.717) is 18.0 Å². The minimum absolute atomic E-state index is 0.0913. The average molecular weight is 369 g/mol. The van der Waals surface area contributed by atoms with Gasteiger partial charge in [-0.2, -0.15) is 0 Å². The van der Waals surface area contributed by atoms with Crippen LogP contribution in [0.2, 0.25) is 0 Å². The van der Waals surface area contributed by atoms with E-state index in [9.17, 15) is 4.79 Å². The fourth-order valence-corrected chi connectivity index (χ4v) is 2.80. The van der Waals surface area contributed by atoms with Gasteiger partial charge in [-0.05, 0) is 36.1 Å². The van der Waals surface area contributed by atoms with E-state index >= 15 is 0 Å². The summed E-state index contributed by atoms with van der Waals surface area (Å²) in [5.74, 6) is 0.451. The van der Waals surface area contributed by atoms with Crippen molar-refractivity contribution in [1.29, 1.82) is 0 Å². The van der Waals surface area contributed by atoms with E-state index in [1.807, 2.05) is 30.5 Å². The van der Waals surface area contributed by atoms with Gasteiger partial charge in [0, 0.05) is 16.6 Å². The van der Waals surface area contributed by atoms with Crippen LogP contribution in [-0.2, 0) is 6.54 Å². The summed E-state index contributed by atoms with van der Waals surface area (Å²) in [5.41, 5.74) is 7.78. The maximum Gasteiger partial charge on any atom is 0.280 e. The molecule has 3 rings (SSSR count). The number of nitrogen functional groups attached to an aromatic ring is 1. The van der Waals surface area contributed by atoms with Gasteiger partial charge in [0.05, 0.1) is 13.7 Å². The van der Waals surface area contributed by atoms with Gasteiger partial charge in [-0.3, -0.25) is 4.79 Å². The standard InChI is InChI=1S/C18H19N5O2S/c1-25-14-5-3-4-13(10-14)20-18(24)16-17(19)23(22-21-16)11-12-6-8-15(26-2)9-7-12/h3-10H,11,19H2,1-2H3,(H,20,24). The molecule has 134 valence electrons. The van der Waals surface area contributed by atoms with E-state index in [-0.39, 0.29) is 11.5 Å². The minimum Gasteiger partial charge on any atom is -0.497 e. The number of hydrogen-bond acceptors (Lipinski definition) is 6. The molecule has 8 heteroatoms. The maximum atomic E-state index is 12.4. The number of rotatable bonds is 6. The first kappa shape index (κ1) is 17.8. The van der Waals surface area contributed by atoms with E-state index < -0.39 is 5.91 Å². The molecule has 0 aliphatic carbocycles. The Morgan fingerprint density at radius 3 is 2.73 bits per heavy atom. The van der Waals surface area contributed by atoms with Crippen LogP contribution in [0.1, 0.15) is 16.1 Å². The lowest BCUT2D eigenvalue weighted by Gasteiger charge is -2.07. The van der Waals surface area contributed by atoms with Gasteiger partial charge in [0.2, 0.25) is 0 Å². The lowest BCUT2D eigenvalue weighted by Crippen LogP contribution is -2.15. The van der Waals surface area contributed by atoms with Gasteiger partial charge in [0.1, 0.15) is 5.75 Å². The monoisotopic (exact) mass is 369 g/mol. The summed E-state index contributed by atoms with van der Waals surface area (Å²) >= 11 is 1.68. The largest absolute Gasteiger partial charge is 0.497 e. The van der Waals surface area contributed by atoms with Crippen molar-refractivity contribution in [2.45, 2.75) is 11.4 Å². The molecule has 3 aromatic rings. The molecule has 1 aromatic heterocycles. The van der Waals surface area contributed by atoms with E-state index in [1.165, 1.54) is 9.58 Å². The van der Waals surface area contributed by atoms with Crippen LogP contribution >= 0.6 is 11.8 Å². The number of anilines is 2. The Morgan fingerprint density at radius 2 is 2.04 bits per heavy atom. The van der Waals surface area contributed by atoms with Gasteiger partial charge in [0.15, 0.2) is 11.5 Å². The first-order valence-corrected chi connectivity index (χ1v) is 9.10. The highest BCUT2D eigenvalue weighted by Crippen LogP contribution is 2.19. The topological polar surface area (TPSA) is 95.1 Å². The molecule has 0 spiro atoms. The molecule has 1 heterocycles. The molecule has 0 aliphatic heterocycles. The lowest BCUT2D eigenvalue weighted by atomic mass is 10.2. The third-order valence-electron chi connectivity index (χ3n) is 3.81. The van der Waals surface area contributed by atoms with Crippen molar-refractivity contribution < 1.29 is 9.53 Å². The molecule has 0 atom stereocenters. The summed E-state index contributed by atoms with van der Waals surface area (Å²) in [4.78, 5) is 13.6. The molecule has 1 amide bonds. The Bertz CT molecular complexity index is 908. The third-order valence-corrected chi connectivity index (χ3v) is 4.55. The number of amides is 1. The van der Waals surface area contributed by atoms with Gasteiger partial charge in [-0.1, -0.05) is 23.4 Å². The predicted molar refractivity (Wildman–Crippen MR) is 103 cm³/mol. The van der Waals surface area contributed by atoms with Crippen LogP contribution in [0, 0.1) is 0 Å². The smallest absolute Gasteiger partial charge is 0.280 e. The average Bonchev–Trinajstić information content (AvgIpc) is 3.03. The van der Waals surface area contributed by atoms with E-state index in [2.05, 4.69) is 15.6 Å². The Labute approximate surface area is 155 Å². The summed E-state index contributed by atoms with van der Waals surface area (Å²) in [7, 11) is 1.57. The Morgan fingerprint density at radius 1 is 1.27 bits per heavy atom. The van der Waals surface area contributed by atoms with Crippen molar-refractivity contribution in [3.8, 4) is 5.75 Å². The number of methoxy groups -OCH3 is 1. The summed E-state index contributed by atoms with van der Waals surface area (Å²) in [5, 5.41) is 10.7. The highest BCUT2D eigenvalue weighted by Gasteiger charge is 2.18. The molecule has 0 fully saturated rings. The number of ether oxygens (including phenoxy) is 1. The molecule has 26 heavy (non-hydrogen) atoms. The number of nitrogens with two attached hydrogens (primary N) is 1. The van der Waals surface area contributed by atoms with Crippen molar-refractivity contribution in [1.82, 2.24) is 15.0 Å². The number of aromatic nitrogens is 3. The van der Waals surface area contributed by atoms with Crippen LogP contribution in [-0.4, -0.2) is 34.3 Å². The van der Waals surface area contributed by atoms with Crippen molar-refractivity contribution in [2.24, 2.45) is 0 Å². The SMILES string of the molecule is COc1cccc(NC(=O)c2nnn(Cc3ccc(SC)cc3)c2N)c1. The third kappa shape index (κ3) is 3.97. The summed E-state index contributed by atoms with van der Waals surface area (Å²) in [6, 6.07) is 15.1. The van der Waals surface area contributed by atoms with Gasteiger partial charge < -0.3 is 15.8 Å². The maximum absolute atomic E-state index is 12.4. The molecule has 0 bridgehead atoms. The molecule has 7 nitrogen and oxygen atoms in total. The molecule has 0 saturated heterocycles. The highest BCUT2D eigenvalue weighted by atomic mass is 32.2. The first-order chi connectivity index (χ1) is 12.6. The van der Waals surface area contributed by atoms with Crippen LogP contribution in [0.5, 0.6) is 5.75 Å². The summed E-state index contributed by atoms with van der Waals surface area (Å²) < 4.78 is 6.65. The van der Waals surface area contributed by atoms with Crippen LogP contribution in [0.3, 0.4) is 0 Å². The molecule has 0 unspecified atom stereocenters. The van der Waals surface area contributed by atoms with Gasteiger partial charge in [-0.25, -0.2) is 4.68 Å². The lowest BCUT2D eigenvalue weighted by molar-refractivity contribution is 0.102. The quantitative estimate of drug-likeness (QED) is 0.649. The number of hydrogen-bond donors (Lipinski definition) is 2.